The van der Waals surface area contributed by atoms with Crippen molar-refractivity contribution in [1.82, 2.24) is 5.32 Å². The first-order chi connectivity index (χ1) is 6.33. The molecular weight excluding hydrogens is 162 g/mol. The van der Waals surface area contributed by atoms with Crippen LogP contribution in [0.25, 0.3) is 0 Å². The molecule has 0 bridgehead atoms. The van der Waals surface area contributed by atoms with Crippen LogP contribution in [0, 0.1) is 5.92 Å². The fourth-order valence-electron chi connectivity index (χ4n) is 2.03. The molecule has 0 amide bonds. The molecule has 13 heavy (non-hydrogen) atoms. The first-order valence-electron chi connectivity index (χ1n) is 5.55. The molecule has 0 aromatic heterocycles. The molecular formula is C11H23NO. The zero-order chi connectivity index (χ0) is 9.52. The Labute approximate surface area is 82.0 Å². The lowest BCUT2D eigenvalue weighted by molar-refractivity contribution is 0.155. The van der Waals surface area contributed by atoms with Crippen molar-refractivity contribution >= 4 is 0 Å². The van der Waals surface area contributed by atoms with Gasteiger partial charge in [0.15, 0.2) is 0 Å². The van der Waals surface area contributed by atoms with E-state index in [1.807, 2.05) is 0 Å². The van der Waals surface area contributed by atoms with E-state index in [-0.39, 0.29) is 0 Å². The third kappa shape index (κ3) is 4.63. The number of rotatable bonds is 6. The van der Waals surface area contributed by atoms with Gasteiger partial charge < -0.3 is 10.1 Å². The molecule has 0 saturated heterocycles. The van der Waals surface area contributed by atoms with Gasteiger partial charge in [0.2, 0.25) is 0 Å². The van der Waals surface area contributed by atoms with Gasteiger partial charge in [-0.3, -0.25) is 0 Å². The Kier molecular flexibility index (Phi) is 5.40. The third-order valence-electron chi connectivity index (χ3n) is 2.88. The summed E-state index contributed by atoms with van der Waals surface area (Å²) in [5.41, 5.74) is 0. The van der Waals surface area contributed by atoms with Crippen LogP contribution in [-0.2, 0) is 4.74 Å². The van der Waals surface area contributed by atoms with Crippen molar-refractivity contribution in [3.05, 3.63) is 0 Å². The molecule has 1 atom stereocenters. The van der Waals surface area contributed by atoms with E-state index in [0.29, 0.717) is 5.92 Å². The molecule has 2 heteroatoms. The summed E-state index contributed by atoms with van der Waals surface area (Å²) in [6.45, 7) is 4.31. The van der Waals surface area contributed by atoms with Crippen molar-refractivity contribution in [2.45, 2.75) is 45.1 Å². The summed E-state index contributed by atoms with van der Waals surface area (Å²) >= 11 is 0. The van der Waals surface area contributed by atoms with Crippen LogP contribution in [0.5, 0.6) is 0 Å². The minimum atomic E-state index is 0.693. The summed E-state index contributed by atoms with van der Waals surface area (Å²) in [6.07, 6.45) is 6.86. The second-order valence-electron chi connectivity index (χ2n) is 4.28. The lowest BCUT2D eigenvalue weighted by Crippen LogP contribution is -2.28. The maximum atomic E-state index is 5.10. The minimum absolute atomic E-state index is 0.693. The van der Waals surface area contributed by atoms with Crippen molar-refractivity contribution < 1.29 is 4.74 Å². The smallest absolute Gasteiger partial charge is 0.0488 e. The number of nitrogens with one attached hydrogen (secondary N) is 1. The Morgan fingerprint density at radius 3 is 2.69 bits per heavy atom. The molecule has 2 nitrogen and oxygen atoms in total. The van der Waals surface area contributed by atoms with Gasteiger partial charge in [0.1, 0.15) is 0 Å². The van der Waals surface area contributed by atoms with Crippen LogP contribution in [0.15, 0.2) is 0 Å². The summed E-state index contributed by atoms with van der Waals surface area (Å²) in [7, 11) is 1.78. The number of hydrogen-bond acceptors (Lipinski definition) is 2. The van der Waals surface area contributed by atoms with Crippen molar-refractivity contribution in [3.8, 4) is 0 Å². The molecule has 0 aliphatic heterocycles. The van der Waals surface area contributed by atoms with Crippen molar-refractivity contribution in [2.24, 2.45) is 5.92 Å². The van der Waals surface area contributed by atoms with E-state index in [2.05, 4.69) is 12.2 Å². The van der Waals surface area contributed by atoms with Crippen LogP contribution < -0.4 is 5.32 Å². The number of ether oxygens (including phenoxy) is 1. The normalized spacial score (nSPS) is 20.8. The van der Waals surface area contributed by atoms with E-state index >= 15 is 0 Å². The first-order valence-corrected chi connectivity index (χ1v) is 5.55. The average molecular weight is 185 g/mol. The van der Waals surface area contributed by atoms with Gasteiger partial charge in [-0.1, -0.05) is 19.8 Å². The maximum absolute atomic E-state index is 5.10. The highest BCUT2D eigenvalue weighted by Crippen LogP contribution is 2.17. The lowest BCUT2D eigenvalue weighted by atomic mass is 10.1. The van der Waals surface area contributed by atoms with Crippen LogP contribution in [0.3, 0.4) is 0 Å². The van der Waals surface area contributed by atoms with Gasteiger partial charge in [0.05, 0.1) is 0 Å². The number of hydrogen-bond donors (Lipinski definition) is 1. The first kappa shape index (κ1) is 11.0. The summed E-state index contributed by atoms with van der Waals surface area (Å²) in [6, 6.07) is 0.815. The SMILES string of the molecule is COCC(C)CCNC1CCCC1. The molecule has 1 saturated carbocycles. The molecule has 1 N–H and O–H groups in total. The average Bonchev–Trinajstić information content (AvgIpc) is 2.57. The Bertz CT molecular complexity index is 121. The molecule has 1 rings (SSSR count). The Morgan fingerprint density at radius 1 is 1.38 bits per heavy atom. The molecule has 0 spiro atoms. The summed E-state index contributed by atoms with van der Waals surface area (Å²) in [5.74, 6) is 0.693. The second-order valence-corrected chi connectivity index (χ2v) is 4.28. The van der Waals surface area contributed by atoms with Crippen molar-refractivity contribution in [3.63, 3.8) is 0 Å². The van der Waals surface area contributed by atoms with E-state index in [1.165, 1.54) is 32.1 Å². The summed E-state index contributed by atoms with van der Waals surface area (Å²) < 4.78 is 5.10. The third-order valence-corrected chi connectivity index (χ3v) is 2.88. The molecule has 1 fully saturated rings. The molecule has 78 valence electrons. The zero-order valence-electron chi connectivity index (χ0n) is 9.01. The van der Waals surface area contributed by atoms with Crippen LogP contribution in [0.1, 0.15) is 39.0 Å². The standard InChI is InChI=1S/C11H23NO/c1-10(9-13-2)7-8-12-11-5-3-4-6-11/h10-12H,3-9H2,1-2H3. The molecule has 0 aromatic carbocycles. The Balaban J connectivity index is 1.93. The largest absolute Gasteiger partial charge is 0.384 e. The van der Waals surface area contributed by atoms with Gasteiger partial charge in [-0.05, 0) is 31.7 Å². The summed E-state index contributed by atoms with van der Waals surface area (Å²) in [5, 5.41) is 3.62. The highest BCUT2D eigenvalue weighted by molar-refractivity contribution is 4.73. The number of methoxy groups -OCH3 is 1. The van der Waals surface area contributed by atoms with Crippen molar-refractivity contribution in [2.75, 3.05) is 20.3 Å². The van der Waals surface area contributed by atoms with Crippen LogP contribution in [0.2, 0.25) is 0 Å². The highest BCUT2D eigenvalue weighted by atomic mass is 16.5. The zero-order valence-corrected chi connectivity index (χ0v) is 9.01. The van der Waals surface area contributed by atoms with E-state index < -0.39 is 0 Å². The molecule has 0 aromatic rings. The Hall–Kier alpha value is -0.0800. The van der Waals surface area contributed by atoms with Gasteiger partial charge >= 0.3 is 0 Å². The second kappa shape index (κ2) is 6.39. The Morgan fingerprint density at radius 2 is 2.08 bits per heavy atom. The van der Waals surface area contributed by atoms with Gasteiger partial charge in [0, 0.05) is 19.8 Å². The molecule has 0 heterocycles. The molecule has 0 radical (unpaired) electrons. The van der Waals surface area contributed by atoms with Gasteiger partial charge in [0.25, 0.3) is 0 Å². The molecule has 1 aliphatic carbocycles. The fraction of sp³-hybridized carbons (Fsp3) is 1.00. The van der Waals surface area contributed by atoms with Gasteiger partial charge in [-0.2, -0.15) is 0 Å². The molecule has 1 unspecified atom stereocenters. The van der Waals surface area contributed by atoms with E-state index in [1.54, 1.807) is 7.11 Å². The molecule has 1 aliphatic rings. The van der Waals surface area contributed by atoms with E-state index in [4.69, 9.17) is 4.74 Å². The predicted molar refractivity (Wildman–Crippen MR) is 55.9 cm³/mol. The minimum Gasteiger partial charge on any atom is -0.384 e. The monoisotopic (exact) mass is 185 g/mol. The van der Waals surface area contributed by atoms with Gasteiger partial charge in [-0.15, -0.1) is 0 Å². The summed E-state index contributed by atoms with van der Waals surface area (Å²) in [4.78, 5) is 0. The fourth-order valence-corrected chi connectivity index (χ4v) is 2.03. The van der Waals surface area contributed by atoms with E-state index in [9.17, 15) is 0 Å². The topological polar surface area (TPSA) is 21.3 Å². The van der Waals surface area contributed by atoms with Gasteiger partial charge in [-0.25, -0.2) is 0 Å². The lowest BCUT2D eigenvalue weighted by Gasteiger charge is -2.14. The van der Waals surface area contributed by atoms with Crippen LogP contribution in [0.4, 0.5) is 0 Å². The van der Waals surface area contributed by atoms with Crippen LogP contribution in [-0.4, -0.2) is 26.3 Å². The van der Waals surface area contributed by atoms with Crippen molar-refractivity contribution in [1.29, 1.82) is 0 Å². The maximum Gasteiger partial charge on any atom is 0.0488 e. The highest BCUT2D eigenvalue weighted by Gasteiger charge is 2.13. The van der Waals surface area contributed by atoms with E-state index in [0.717, 1.165) is 19.2 Å². The predicted octanol–water partition coefficient (Wildman–Crippen LogP) is 2.19. The van der Waals surface area contributed by atoms with Crippen LogP contribution >= 0.6 is 0 Å². The quantitative estimate of drug-likeness (QED) is 0.685.